The molecule has 0 atom stereocenters. The zero-order chi connectivity index (χ0) is 30.3. The van der Waals surface area contributed by atoms with E-state index >= 15 is 0 Å². The van der Waals surface area contributed by atoms with Crippen LogP contribution in [0.3, 0.4) is 0 Å². The van der Waals surface area contributed by atoms with Crippen LogP contribution in [-0.4, -0.2) is 25.9 Å². The molecule has 0 amide bonds. The van der Waals surface area contributed by atoms with Gasteiger partial charge in [-0.3, -0.25) is 0 Å². The van der Waals surface area contributed by atoms with Gasteiger partial charge in [-0.2, -0.15) is 22.0 Å². The molecule has 0 N–H and O–H groups in total. The summed E-state index contributed by atoms with van der Waals surface area (Å²) < 4.78 is 106. The fourth-order valence-corrected chi connectivity index (χ4v) is 5.13. The first-order chi connectivity index (χ1) is 20.1. The molecule has 0 aliphatic heterocycles. The second-order valence-corrected chi connectivity index (χ2v) is 10.4. The summed E-state index contributed by atoms with van der Waals surface area (Å²) in [5.74, 6) is -5.61. The second kappa shape index (κ2) is 14.1. The summed E-state index contributed by atoms with van der Waals surface area (Å²) in [6.07, 6.45) is 2.71. The maximum atomic E-state index is 14.9. The average Bonchev–Trinajstić information content (AvgIpc) is 2.97. The summed E-state index contributed by atoms with van der Waals surface area (Å²) in [6.45, 7) is 2.74. The first-order valence-corrected chi connectivity index (χ1v) is 14.1. The molecule has 42 heavy (non-hydrogen) atoms. The van der Waals surface area contributed by atoms with E-state index < -0.39 is 41.7 Å². The van der Waals surface area contributed by atoms with Gasteiger partial charge in [-0.1, -0.05) is 44.7 Å². The molecule has 1 saturated carbocycles. The van der Waals surface area contributed by atoms with E-state index in [1.807, 2.05) is 0 Å². The van der Waals surface area contributed by atoms with Gasteiger partial charge >= 0.3 is 6.11 Å². The van der Waals surface area contributed by atoms with Crippen LogP contribution in [0, 0.1) is 35.1 Å². The number of halogens is 6. The lowest BCUT2D eigenvalue weighted by molar-refractivity contribution is -0.195. The van der Waals surface area contributed by atoms with Crippen LogP contribution in [0.4, 0.5) is 26.3 Å². The van der Waals surface area contributed by atoms with Crippen LogP contribution in [0.5, 0.6) is 23.0 Å². The maximum absolute atomic E-state index is 14.9. The molecule has 0 aromatic heterocycles. The Labute approximate surface area is 241 Å². The summed E-state index contributed by atoms with van der Waals surface area (Å²) in [7, 11) is 0. The van der Waals surface area contributed by atoms with E-state index in [1.165, 1.54) is 30.7 Å². The van der Waals surface area contributed by atoms with Crippen molar-refractivity contribution in [1.29, 1.82) is 0 Å². The van der Waals surface area contributed by atoms with Crippen LogP contribution in [0.1, 0.15) is 52.4 Å². The van der Waals surface area contributed by atoms with E-state index in [9.17, 15) is 26.3 Å². The van der Waals surface area contributed by atoms with Crippen molar-refractivity contribution in [2.45, 2.75) is 58.5 Å². The average molecular weight is 597 g/mol. The van der Waals surface area contributed by atoms with Crippen LogP contribution >= 0.6 is 0 Å². The molecule has 0 spiro atoms. The Morgan fingerprint density at radius 2 is 1.21 bits per heavy atom. The molecule has 0 unspecified atom stereocenters. The lowest BCUT2D eigenvalue weighted by atomic mass is 9.80. The van der Waals surface area contributed by atoms with E-state index in [2.05, 4.69) is 11.7 Å². The minimum atomic E-state index is -3.92. The minimum Gasteiger partial charge on any atom is -0.491 e. The third-order valence-corrected chi connectivity index (χ3v) is 7.32. The molecular formula is C32H34F6O4. The molecule has 4 rings (SSSR count). The van der Waals surface area contributed by atoms with Crippen LogP contribution in [-0.2, 0) is 0 Å². The lowest BCUT2D eigenvalue weighted by Crippen LogP contribution is -2.32. The molecule has 1 fully saturated rings. The second-order valence-electron chi connectivity index (χ2n) is 10.4. The summed E-state index contributed by atoms with van der Waals surface area (Å²) in [5, 5.41) is 0. The van der Waals surface area contributed by atoms with E-state index in [1.54, 1.807) is 6.92 Å². The zero-order valence-corrected chi connectivity index (χ0v) is 23.5. The first-order valence-electron chi connectivity index (χ1n) is 14.1. The number of hydrogen-bond donors (Lipinski definition) is 0. The molecule has 0 saturated heterocycles. The molecule has 10 heteroatoms. The monoisotopic (exact) mass is 596 g/mol. The number of rotatable bonds is 13. The Hall–Kier alpha value is -3.56. The number of hydrogen-bond acceptors (Lipinski definition) is 4. The van der Waals surface area contributed by atoms with Crippen molar-refractivity contribution < 1.29 is 45.3 Å². The summed E-state index contributed by atoms with van der Waals surface area (Å²) in [5.41, 5.74) is 0.153. The number of alkyl halides is 2. The van der Waals surface area contributed by atoms with Crippen LogP contribution < -0.4 is 18.9 Å². The highest BCUT2D eigenvalue weighted by atomic mass is 19.3. The van der Waals surface area contributed by atoms with Crippen LogP contribution in [0.15, 0.2) is 48.5 Å². The highest BCUT2D eigenvalue weighted by Gasteiger charge is 2.34. The van der Waals surface area contributed by atoms with Gasteiger partial charge in [0.15, 0.2) is 29.7 Å². The normalized spacial score (nSPS) is 17.1. The van der Waals surface area contributed by atoms with E-state index in [-0.39, 0.29) is 35.0 Å². The summed E-state index contributed by atoms with van der Waals surface area (Å²) in [4.78, 5) is 0. The smallest absolute Gasteiger partial charge is 0.432 e. The summed E-state index contributed by atoms with van der Waals surface area (Å²) in [6, 6.07) is 9.64. The first kappa shape index (κ1) is 31.4. The minimum absolute atomic E-state index is 0.0745. The van der Waals surface area contributed by atoms with Crippen LogP contribution in [0.2, 0.25) is 0 Å². The van der Waals surface area contributed by atoms with Gasteiger partial charge in [0.1, 0.15) is 5.75 Å². The van der Waals surface area contributed by atoms with E-state index in [0.717, 1.165) is 62.3 Å². The quantitative estimate of drug-likeness (QED) is 0.184. The molecule has 3 aromatic rings. The lowest BCUT2D eigenvalue weighted by Gasteiger charge is -2.28. The van der Waals surface area contributed by atoms with Gasteiger partial charge in [0.25, 0.3) is 0 Å². The molecule has 1 aliphatic carbocycles. The molecule has 0 radical (unpaired) electrons. The molecule has 4 nitrogen and oxygen atoms in total. The van der Waals surface area contributed by atoms with Crippen molar-refractivity contribution in [3.05, 3.63) is 71.8 Å². The Balaban J connectivity index is 1.34. The largest absolute Gasteiger partial charge is 0.491 e. The Kier molecular flexibility index (Phi) is 10.5. The summed E-state index contributed by atoms with van der Waals surface area (Å²) >= 11 is 0. The molecule has 0 bridgehead atoms. The molecule has 0 heterocycles. The Bertz CT molecular complexity index is 1320. The number of ether oxygens (including phenoxy) is 4. The molecular weight excluding hydrogens is 562 g/mol. The Morgan fingerprint density at radius 1 is 0.667 bits per heavy atom. The van der Waals surface area contributed by atoms with Crippen molar-refractivity contribution in [2.75, 3.05) is 19.8 Å². The van der Waals surface area contributed by atoms with Crippen LogP contribution in [0.25, 0.3) is 11.1 Å². The third kappa shape index (κ3) is 7.83. The van der Waals surface area contributed by atoms with Gasteiger partial charge in [-0.25, -0.2) is 4.39 Å². The Morgan fingerprint density at radius 3 is 1.83 bits per heavy atom. The van der Waals surface area contributed by atoms with Gasteiger partial charge in [0.2, 0.25) is 17.5 Å². The molecule has 3 aromatic carbocycles. The van der Waals surface area contributed by atoms with Crippen molar-refractivity contribution in [1.82, 2.24) is 0 Å². The highest BCUT2D eigenvalue weighted by Crippen LogP contribution is 2.35. The van der Waals surface area contributed by atoms with Gasteiger partial charge in [0, 0.05) is 5.56 Å². The van der Waals surface area contributed by atoms with Crippen molar-refractivity contribution in [3.8, 4) is 34.1 Å². The van der Waals surface area contributed by atoms with Crippen molar-refractivity contribution in [2.24, 2.45) is 11.8 Å². The van der Waals surface area contributed by atoms with Crippen molar-refractivity contribution >= 4 is 0 Å². The third-order valence-electron chi connectivity index (χ3n) is 7.32. The predicted octanol–water partition coefficient (Wildman–Crippen LogP) is 9.34. The van der Waals surface area contributed by atoms with Gasteiger partial charge in [0.05, 0.1) is 13.2 Å². The fraction of sp³-hybridized carbons (Fsp3) is 0.438. The molecule has 228 valence electrons. The fourth-order valence-electron chi connectivity index (χ4n) is 5.13. The van der Waals surface area contributed by atoms with Crippen molar-refractivity contribution in [3.63, 3.8) is 0 Å². The van der Waals surface area contributed by atoms with Gasteiger partial charge in [-0.15, -0.1) is 0 Å². The predicted molar refractivity (Wildman–Crippen MR) is 146 cm³/mol. The van der Waals surface area contributed by atoms with E-state index in [0.29, 0.717) is 12.5 Å². The highest BCUT2D eigenvalue weighted by molar-refractivity contribution is 5.66. The topological polar surface area (TPSA) is 36.9 Å². The van der Waals surface area contributed by atoms with E-state index in [4.69, 9.17) is 14.2 Å². The zero-order valence-electron chi connectivity index (χ0n) is 23.5. The van der Waals surface area contributed by atoms with Gasteiger partial charge in [-0.05, 0) is 73.6 Å². The SMILES string of the molecule is CCCC1CCC(COc2ccc(-c3ccc(OC(F)(F)COc4ccc(OCC)c(F)c4F)cc3)c(F)c2F)CC1. The standard InChI is InChI=1S/C32H34F6O4/c1-3-5-20-6-8-21(9-7-20)18-40-26-15-14-24(28(33)29(26)34)22-10-12-23(13-11-22)42-32(37,38)19-41-27-17-16-25(39-4-2)30(35)31(27)36/h10-17,20-21H,3-9,18-19H2,1-2H3. The molecule has 1 aliphatic rings. The number of benzene rings is 3. The van der Waals surface area contributed by atoms with Gasteiger partial charge < -0.3 is 18.9 Å². The maximum Gasteiger partial charge on any atom is 0.432 e.